The van der Waals surface area contributed by atoms with E-state index in [4.69, 9.17) is 4.74 Å². The highest BCUT2D eigenvalue weighted by atomic mass is 19.4. The number of ether oxygens (including phenoxy) is 1. The Morgan fingerprint density at radius 1 is 1.15 bits per heavy atom. The summed E-state index contributed by atoms with van der Waals surface area (Å²) in [6, 6.07) is -0.899. The lowest BCUT2D eigenvalue weighted by Gasteiger charge is -2.40. The number of carbonyl (C=O) groups excluding carboxylic acids is 1. The second-order valence-electron chi connectivity index (χ2n) is 8.49. The fourth-order valence-electron chi connectivity index (χ4n) is 3.95. The fraction of sp³-hybridized carbons (Fsp3) is 0.941. The van der Waals surface area contributed by atoms with Gasteiger partial charge in [-0.3, -0.25) is 0 Å². The van der Waals surface area contributed by atoms with E-state index < -0.39 is 43.3 Å². The third-order valence-corrected chi connectivity index (χ3v) is 5.46. The monoisotopic (exact) mass is 404 g/mol. The van der Waals surface area contributed by atoms with Crippen molar-refractivity contribution in [3.8, 4) is 0 Å². The number of rotatable bonds is 2. The summed E-state index contributed by atoms with van der Waals surface area (Å²) in [5.41, 5.74) is -4.05. The molecule has 158 valence electrons. The summed E-state index contributed by atoms with van der Waals surface area (Å²) in [5.74, 6) is -0.0414. The number of likely N-dealkylation sites (tertiary alicyclic amines) is 1. The number of halogens is 6. The first kappa shape index (κ1) is 22.1. The van der Waals surface area contributed by atoms with Crippen molar-refractivity contribution in [3.63, 3.8) is 0 Å². The summed E-state index contributed by atoms with van der Waals surface area (Å²) in [5, 5.41) is 2.51. The lowest BCUT2D eigenvalue weighted by atomic mass is 9.78. The molecule has 0 radical (unpaired) electrons. The smallest absolute Gasteiger partial charge is 0.377 e. The molecule has 0 unspecified atom stereocenters. The first-order chi connectivity index (χ1) is 12.2. The maximum absolute atomic E-state index is 13.1. The minimum absolute atomic E-state index is 0.0414. The van der Waals surface area contributed by atoms with Gasteiger partial charge >= 0.3 is 18.4 Å². The van der Waals surface area contributed by atoms with Gasteiger partial charge < -0.3 is 15.0 Å². The van der Waals surface area contributed by atoms with Crippen LogP contribution in [0.15, 0.2) is 0 Å². The summed E-state index contributed by atoms with van der Waals surface area (Å²) in [6.07, 6.45) is -10.7. The molecule has 2 saturated heterocycles. The number of carbonyl (C=O) groups is 1. The minimum atomic E-state index is -5.46. The first-order valence-corrected chi connectivity index (χ1v) is 8.97. The molecule has 0 bridgehead atoms. The number of amides is 2. The number of hydrogen-bond donors (Lipinski definition) is 1. The van der Waals surface area contributed by atoms with Crippen LogP contribution in [0, 0.1) is 16.7 Å². The van der Waals surface area contributed by atoms with E-state index in [1.54, 1.807) is 0 Å². The molecule has 2 rings (SSSR count). The van der Waals surface area contributed by atoms with Gasteiger partial charge in [0.15, 0.2) is 5.41 Å². The van der Waals surface area contributed by atoms with Gasteiger partial charge in [0.1, 0.15) is 0 Å². The van der Waals surface area contributed by atoms with E-state index in [9.17, 15) is 31.1 Å². The van der Waals surface area contributed by atoms with Crippen molar-refractivity contribution in [2.75, 3.05) is 26.2 Å². The summed E-state index contributed by atoms with van der Waals surface area (Å²) in [7, 11) is 0. The van der Waals surface area contributed by atoms with E-state index in [1.165, 1.54) is 0 Å². The van der Waals surface area contributed by atoms with Crippen LogP contribution in [0.3, 0.4) is 0 Å². The molecule has 2 fully saturated rings. The highest BCUT2D eigenvalue weighted by Crippen LogP contribution is 2.55. The summed E-state index contributed by atoms with van der Waals surface area (Å²) in [6.45, 7) is 4.71. The van der Waals surface area contributed by atoms with Crippen molar-refractivity contribution in [1.29, 1.82) is 0 Å². The highest BCUT2D eigenvalue weighted by molar-refractivity contribution is 5.74. The fourth-order valence-corrected chi connectivity index (χ4v) is 3.95. The number of hydrogen-bond acceptors (Lipinski definition) is 2. The average Bonchev–Trinajstić information content (AvgIpc) is 2.98. The Labute approximate surface area is 154 Å². The largest absolute Gasteiger partial charge is 0.404 e. The SMILES string of the molecule is CC(C)(C)[C@H]1OCCC[C@H]1CNC(=O)N1CCC(C(F)(F)F)(C(F)(F)F)C1. The second kappa shape index (κ2) is 7.33. The first-order valence-electron chi connectivity index (χ1n) is 8.97. The zero-order valence-corrected chi connectivity index (χ0v) is 15.6. The Bertz CT molecular complexity index is 527. The van der Waals surface area contributed by atoms with Crippen LogP contribution in [0.5, 0.6) is 0 Å². The Balaban J connectivity index is 2.01. The predicted molar refractivity (Wildman–Crippen MR) is 86.1 cm³/mol. The maximum atomic E-state index is 13.1. The lowest BCUT2D eigenvalue weighted by molar-refractivity contribution is -0.334. The van der Waals surface area contributed by atoms with Gasteiger partial charge in [0.05, 0.1) is 6.10 Å². The molecular weight excluding hydrogens is 378 g/mol. The van der Waals surface area contributed by atoms with Gasteiger partial charge in [-0.05, 0) is 24.7 Å². The Kier molecular flexibility index (Phi) is 6.00. The van der Waals surface area contributed by atoms with Crippen LogP contribution in [0.1, 0.15) is 40.0 Å². The molecule has 0 aliphatic carbocycles. The van der Waals surface area contributed by atoms with Crippen LogP contribution in [-0.2, 0) is 4.74 Å². The summed E-state index contributed by atoms with van der Waals surface area (Å²) >= 11 is 0. The van der Waals surface area contributed by atoms with E-state index in [-0.39, 0.29) is 24.0 Å². The predicted octanol–water partition coefficient (Wildman–Crippen LogP) is 4.35. The molecule has 10 heteroatoms. The molecule has 2 amide bonds. The topological polar surface area (TPSA) is 41.6 Å². The van der Waals surface area contributed by atoms with Crippen molar-refractivity contribution < 1.29 is 35.9 Å². The minimum Gasteiger partial charge on any atom is -0.377 e. The summed E-state index contributed by atoms with van der Waals surface area (Å²) < 4.78 is 84.4. The van der Waals surface area contributed by atoms with Gasteiger partial charge in [0, 0.05) is 32.2 Å². The van der Waals surface area contributed by atoms with Crippen LogP contribution >= 0.6 is 0 Å². The molecule has 0 aromatic carbocycles. The van der Waals surface area contributed by atoms with E-state index >= 15 is 0 Å². The Morgan fingerprint density at radius 2 is 1.74 bits per heavy atom. The Morgan fingerprint density at radius 3 is 2.22 bits per heavy atom. The maximum Gasteiger partial charge on any atom is 0.404 e. The van der Waals surface area contributed by atoms with Crippen molar-refractivity contribution in [2.24, 2.45) is 16.7 Å². The quantitative estimate of drug-likeness (QED) is 0.695. The third-order valence-electron chi connectivity index (χ3n) is 5.46. The van der Waals surface area contributed by atoms with E-state index in [1.807, 2.05) is 20.8 Å². The van der Waals surface area contributed by atoms with Crippen LogP contribution in [-0.4, -0.2) is 55.6 Å². The van der Waals surface area contributed by atoms with Gasteiger partial charge in [-0.15, -0.1) is 0 Å². The molecule has 2 aliphatic heterocycles. The normalized spacial score (nSPS) is 26.9. The van der Waals surface area contributed by atoms with Gasteiger partial charge in [-0.2, -0.15) is 26.3 Å². The highest BCUT2D eigenvalue weighted by Gasteiger charge is 2.72. The van der Waals surface area contributed by atoms with Crippen molar-refractivity contribution in [2.45, 2.75) is 58.5 Å². The Hall–Kier alpha value is -1.19. The van der Waals surface area contributed by atoms with Crippen LogP contribution in [0.4, 0.5) is 31.1 Å². The summed E-state index contributed by atoms with van der Waals surface area (Å²) in [4.78, 5) is 12.8. The zero-order chi connectivity index (χ0) is 20.7. The zero-order valence-electron chi connectivity index (χ0n) is 15.6. The van der Waals surface area contributed by atoms with Crippen molar-refractivity contribution >= 4 is 6.03 Å². The van der Waals surface area contributed by atoms with E-state index in [0.717, 1.165) is 12.8 Å². The average molecular weight is 404 g/mol. The second-order valence-corrected chi connectivity index (χ2v) is 8.49. The lowest BCUT2D eigenvalue weighted by Crippen LogP contribution is -2.53. The van der Waals surface area contributed by atoms with Crippen LogP contribution in [0.2, 0.25) is 0 Å². The number of alkyl halides is 6. The number of nitrogens with zero attached hydrogens (tertiary/aromatic N) is 1. The van der Waals surface area contributed by atoms with Gasteiger partial charge in [0.25, 0.3) is 0 Å². The van der Waals surface area contributed by atoms with Gasteiger partial charge in [-0.1, -0.05) is 20.8 Å². The number of nitrogens with one attached hydrogen (secondary N) is 1. The van der Waals surface area contributed by atoms with Gasteiger partial charge in [-0.25, -0.2) is 4.79 Å². The van der Waals surface area contributed by atoms with Crippen molar-refractivity contribution in [3.05, 3.63) is 0 Å². The number of urea groups is 1. The van der Waals surface area contributed by atoms with Gasteiger partial charge in [0.2, 0.25) is 0 Å². The molecule has 1 N–H and O–H groups in total. The molecule has 0 aromatic rings. The molecule has 2 heterocycles. The van der Waals surface area contributed by atoms with E-state index in [0.29, 0.717) is 11.5 Å². The molecule has 0 saturated carbocycles. The van der Waals surface area contributed by atoms with Crippen LogP contribution < -0.4 is 5.32 Å². The third kappa shape index (κ3) is 4.46. The van der Waals surface area contributed by atoms with Crippen molar-refractivity contribution in [1.82, 2.24) is 10.2 Å². The molecule has 27 heavy (non-hydrogen) atoms. The van der Waals surface area contributed by atoms with E-state index in [2.05, 4.69) is 5.32 Å². The molecule has 0 aromatic heterocycles. The molecule has 4 nitrogen and oxygen atoms in total. The standard InChI is InChI=1S/C17H26F6N2O2/c1-14(2,3)12-11(5-4-8-27-12)9-24-13(26)25-7-6-15(10-25,16(18,19)20)17(21,22)23/h11-12H,4-10H2,1-3H3,(H,24,26)/t11-,12-/m0/s1. The molecule has 2 atom stereocenters. The van der Waals surface area contributed by atoms with Crippen LogP contribution in [0.25, 0.3) is 0 Å². The molecular formula is C17H26F6N2O2. The molecule has 2 aliphatic rings. The molecule has 0 spiro atoms.